The number of carboxylic acid groups (broad SMARTS) is 1. The lowest BCUT2D eigenvalue weighted by Gasteiger charge is -2.16. The van der Waals surface area contributed by atoms with Crippen molar-refractivity contribution in [2.75, 3.05) is 6.54 Å². The number of carbonyl (C=O) groups is 4. The highest BCUT2D eigenvalue weighted by Gasteiger charge is 2.37. The molecular formula is C16H16N2O5. The van der Waals surface area contributed by atoms with Gasteiger partial charge in [0.25, 0.3) is 11.8 Å². The van der Waals surface area contributed by atoms with Crippen LogP contribution in [-0.2, 0) is 9.59 Å². The third-order valence-corrected chi connectivity index (χ3v) is 4.33. The molecule has 23 heavy (non-hydrogen) atoms. The Labute approximate surface area is 132 Å². The van der Waals surface area contributed by atoms with Gasteiger partial charge in [-0.3, -0.25) is 24.1 Å². The molecule has 2 aliphatic rings. The summed E-state index contributed by atoms with van der Waals surface area (Å²) in [5, 5.41) is 11.7. The number of rotatable bonds is 4. The van der Waals surface area contributed by atoms with Crippen LogP contribution in [0.25, 0.3) is 0 Å². The molecule has 3 amide bonds. The van der Waals surface area contributed by atoms with Gasteiger partial charge in [0.15, 0.2) is 0 Å². The molecule has 0 bridgehead atoms. The van der Waals surface area contributed by atoms with E-state index in [0.717, 1.165) is 4.90 Å². The topological polar surface area (TPSA) is 104 Å². The molecule has 7 nitrogen and oxygen atoms in total. The molecule has 0 radical (unpaired) electrons. The van der Waals surface area contributed by atoms with E-state index in [4.69, 9.17) is 5.11 Å². The molecule has 7 heteroatoms. The summed E-state index contributed by atoms with van der Waals surface area (Å²) in [7, 11) is 0. The van der Waals surface area contributed by atoms with E-state index in [0.29, 0.717) is 30.4 Å². The molecule has 1 aliphatic heterocycles. The van der Waals surface area contributed by atoms with Crippen LogP contribution in [0.5, 0.6) is 0 Å². The van der Waals surface area contributed by atoms with Crippen LogP contribution >= 0.6 is 0 Å². The zero-order valence-electron chi connectivity index (χ0n) is 12.3. The first kappa shape index (κ1) is 15.2. The molecule has 3 rings (SSSR count). The predicted octanol–water partition coefficient (Wildman–Crippen LogP) is 0.652. The standard InChI is InChI=1S/C16H16N2O5/c19-13(17-10-6-5-9(7-10)16(22)23)8-18-14(20)11-3-1-2-4-12(11)15(18)21/h1-4,9-10H,5-8H2,(H,17,19)(H,22,23)/t9-,10+/m0/s1. The minimum Gasteiger partial charge on any atom is -0.481 e. The number of nitrogens with zero attached hydrogens (tertiary/aromatic N) is 1. The quantitative estimate of drug-likeness (QED) is 0.794. The summed E-state index contributed by atoms with van der Waals surface area (Å²) < 4.78 is 0. The second-order valence-electron chi connectivity index (χ2n) is 5.85. The molecule has 0 unspecified atom stereocenters. The van der Waals surface area contributed by atoms with E-state index in [2.05, 4.69) is 5.32 Å². The second kappa shape index (κ2) is 5.83. The van der Waals surface area contributed by atoms with Crippen molar-refractivity contribution in [2.24, 2.45) is 5.92 Å². The Hall–Kier alpha value is -2.70. The van der Waals surface area contributed by atoms with E-state index >= 15 is 0 Å². The first-order valence-electron chi connectivity index (χ1n) is 7.44. The monoisotopic (exact) mass is 316 g/mol. The fourth-order valence-corrected chi connectivity index (χ4v) is 3.14. The minimum absolute atomic E-state index is 0.223. The Morgan fingerprint density at radius 3 is 2.26 bits per heavy atom. The Balaban J connectivity index is 1.60. The van der Waals surface area contributed by atoms with E-state index in [1.165, 1.54) is 0 Å². The zero-order valence-corrected chi connectivity index (χ0v) is 12.3. The highest BCUT2D eigenvalue weighted by Crippen LogP contribution is 2.26. The highest BCUT2D eigenvalue weighted by molar-refractivity contribution is 6.22. The van der Waals surface area contributed by atoms with Crippen LogP contribution in [0.15, 0.2) is 24.3 Å². The largest absolute Gasteiger partial charge is 0.481 e. The van der Waals surface area contributed by atoms with Gasteiger partial charge >= 0.3 is 5.97 Å². The fraction of sp³-hybridized carbons (Fsp3) is 0.375. The number of nitrogens with one attached hydrogen (secondary N) is 1. The number of aliphatic carboxylic acids is 1. The third kappa shape index (κ3) is 2.81. The maximum absolute atomic E-state index is 12.2. The van der Waals surface area contributed by atoms with Gasteiger partial charge in [0.05, 0.1) is 17.0 Å². The fourth-order valence-electron chi connectivity index (χ4n) is 3.14. The summed E-state index contributed by atoms with van der Waals surface area (Å²) in [6, 6.07) is 6.22. The van der Waals surface area contributed by atoms with Crippen LogP contribution in [0.3, 0.4) is 0 Å². The number of hydrogen-bond donors (Lipinski definition) is 2. The normalized spacial score (nSPS) is 23.0. The Kier molecular flexibility index (Phi) is 3.85. The van der Waals surface area contributed by atoms with Gasteiger partial charge in [0.1, 0.15) is 6.54 Å². The van der Waals surface area contributed by atoms with Gasteiger partial charge in [-0.1, -0.05) is 12.1 Å². The molecule has 1 heterocycles. The number of imide groups is 1. The van der Waals surface area contributed by atoms with E-state index in [-0.39, 0.29) is 12.6 Å². The zero-order chi connectivity index (χ0) is 16.6. The van der Waals surface area contributed by atoms with Crippen LogP contribution in [0.4, 0.5) is 0 Å². The minimum atomic E-state index is -0.859. The van der Waals surface area contributed by atoms with Crippen molar-refractivity contribution in [3.05, 3.63) is 35.4 Å². The van der Waals surface area contributed by atoms with Gasteiger partial charge in [-0.15, -0.1) is 0 Å². The van der Waals surface area contributed by atoms with Crippen LogP contribution in [-0.4, -0.2) is 46.3 Å². The number of carboxylic acids is 1. The van der Waals surface area contributed by atoms with Crippen LogP contribution in [0.1, 0.15) is 40.0 Å². The molecule has 2 atom stereocenters. The molecule has 2 N–H and O–H groups in total. The molecule has 1 aromatic carbocycles. The van der Waals surface area contributed by atoms with Crippen molar-refractivity contribution in [1.29, 1.82) is 0 Å². The number of hydrogen-bond acceptors (Lipinski definition) is 4. The molecule has 1 fully saturated rings. The van der Waals surface area contributed by atoms with Crippen LogP contribution in [0.2, 0.25) is 0 Å². The lowest BCUT2D eigenvalue weighted by molar-refractivity contribution is -0.141. The first-order chi connectivity index (χ1) is 11.0. The van der Waals surface area contributed by atoms with Crippen molar-refractivity contribution in [3.8, 4) is 0 Å². The summed E-state index contributed by atoms with van der Waals surface area (Å²) in [6.45, 7) is -0.347. The molecule has 1 saturated carbocycles. The molecule has 1 aliphatic carbocycles. The van der Waals surface area contributed by atoms with Crippen LogP contribution in [0, 0.1) is 5.92 Å². The van der Waals surface area contributed by atoms with Gasteiger partial charge in [-0.2, -0.15) is 0 Å². The van der Waals surface area contributed by atoms with E-state index in [1.807, 2.05) is 0 Å². The van der Waals surface area contributed by atoms with E-state index < -0.39 is 29.6 Å². The Morgan fingerprint density at radius 2 is 1.74 bits per heavy atom. The first-order valence-corrected chi connectivity index (χ1v) is 7.44. The average molecular weight is 316 g/mol. The van der Waals surface area contributed by atoms with Crippen molar-refractivity contribution >= 4 is 23.7 Å². The van der Waals surface area contributed by atoms with Crippen molar-refractivity contribution in [2.45, 2.75) is 25.3 Å². The van der Waals surface area contributed by atoms with Gasteiger partial charge < -0.3 is 10.4 Å². The van der Waals surface area contributed by atoms with E-state index in [9.17, 15) is 19.2 Å². The van der Waals surface area contributed by atoms with E-state index in [1.54, 1.807) is 24.3 Å². The summed E-state index contributed by atoms with van der Waals surface area (Å²) in [5.74, 6) is -2.71. The van der Waals surface area contributed by atoms with Gasteiger partial charge in [-0.25, -0.2) is 0 Å². The summed E-state index contributed by atoms with van der Waals surface area (Å²) in [4.78, 5) is 48.2. The summed E-state index contributed by atoms with van der Waals surface area (Å²) in [5.41, 5.74) is 0.606. The van der Waals surface area contributed by atoms with Crippen molar-refractivity contribution in [1.82, 2.24) is 10.2 Å². The lowest BCUT2D eigenvalue weighted by atomic mass is 10.1. The van der Waals surface area contributed by atoms with Crippen molar-refractivity contribution in [3.63, 3.8) is 0 Å². The van der Waals surface area contributed by atoms with Crippen molar-refractivity contribution < 1.29 is 24.3 Å². The van der Waals surface area contributed by atoms with Gasteiger partial charge in [-0.05, 0) is 31.4 Å². The predicted molar refractivity (Wildman–Crippen MR) is 78.7 cm³/mol. The van der Waals surface area contributed by atoms with Crippen LogP contribution < -0.4 is 5.32 Å². The second-order valence-corrected chi connectivity index (χ2v) is 5.85. The highest BCUT2D eigenvalue weighted by atomic mass is 16.4. The molecule has 1 aromatic rings. The smallest absolute Gasteiger partial charge is 0.306 e. The number of carbonyl (C=O) groups excluding carboxylic acids is 3. The number of benzene rings is 1. The molecule has 0 spiro atoms. The Bertz CT molecular complexity index is 664. The number of fused-ring (bicyclic) bond motifs is 1. The average Bonchev–Trinajstić information content (AvgIpc) is 3.07. The molecule has 0 aromatic heterocycles. The lowest BCUT2D eigenvalue weighted by Crippen LogP contribution is -2.43. The van der Waals surface area contributed by atoms with Gasteiger partial charge in [0, 0.05) is 6.04 Å². The SMILES string of the molecule is O=C(CN1C(=O)c2ccccc2C1=O)N[C@@H]1CC[C@H](C(=O)O)C1. The maximum Gasteiger partial charge on any atom is 0.306 e. The Morgan fingerprint density at radius 1 is 1.13 bits per heavy atom. The summed E-state index contributed by atoms with van der Waals surface area (Å²) >= 11 is 0. The molecular weight excluding hydrogens is 300 g/mol. The maximum atomic E-state index is 12.2. The van der Waals surface area contributed by atoms with Gasteiger partial charge in [0.2, 0.25) is 5.91 Å². The summed E-state index contributed by atoms with van der Waals surface area (Å²) in [6.07, 6.45) is 1.49. The third-order valence-electron chi connectivity index (χ3n) is 4.33. The number of amides is 3. The molecule has 120 valence electrons. The molecule has 0 saturated heterocycles.